The second kappa shape index (κ2) is 8.32. The van der Waals surface area contributed by atoms with Crippen LogP contribution in [0.1, 0.15) is 19.3 Å². The first-order chi connectivity index (χ1) is 10.7. The Bertz CT molecular complexity index is 671. The predicted octanol–water partition coefficient (Wildman–Crippen LogP) is -4.70. The normalized spacial score (nSPS) is 21.0. The third-order valence-electron chi connectivity index (χ3n) is 3.31. The molecule has 24 heavy (non-hydrogen) atoms. The molecule has 2 aliphatic heterocycles. The summed E-state index contributed by atoms with van der Waals surface area (Å²) >= 11 is 0. The van der Waals surface area contributed by atoms with Crippen LogP contribution in [0, 0.1) is 0 Å². The van der Waals surface area contributed by atoms with Crippen molar-refractivity contribution < 1.29 is 66.5 Å². The molecule has 1 saturated heterocycles. The first-order valence-electron chi connectivity index (χ1n) is 6.70. The number of nitrogens with zero attached hydrogens (tertiary/aromatic N) is 2. The maximum atomic E-state index is 11.6. The fraction of sp³-hybridized carbons (Fsp3) is 0.500. The quantitative estimate of drug-likeness (QED) is 0.189. The fourth-order valence-corrected chi connectivity index (χ4v) is 2.81. The van der Waals surface area contributed by atoms with Gasteiger partial charge in [-0.15, -0.1) is 0 Å². The van der Waals surface area contributed by atoms with Crippen LogP contribution in [0.3, 0.4) is 0 Å². The molecule has 12 heteroatoms. The Morgan fingerprint density at radius 1 is 1.12 bits per heavy atom. The standard InChI is InChI=1S/C12H14N2O8S.Na/c15-9-3-4-10(16)13(9)5-1-2-6-22-14-11(17)7-8(12(14)18)23(19,20)21;/h3-4,8H,1-2,5-7H2,(H,19,20,21);/q;+1/p-1. The molecule has 0 aromatic heterocycles. The van der Waals surface area contributed by atoms with Crippen LogP contribution in [0.4, 0.5) is 0 Å². The third-order valence-corrected chi connectivity index (χ3v) is 4.37. The molecule has 10 nitrogen and oxygen atoms in total. The van der Waals surface area contributed by atoms with Crippen LogP contribution in [-0.4, -0.2) is 65.0 Å². The zero-order chi connectivity index (χ0) is 17.2. The van der Waals surface area contributed by atoms with Crippen molar-refractivity contribution in [3.63, 3.8) is 0 Å². The molecule has 2 heterocycles. The van der Waals surface area contributed by atoms with Crippen molar-refractivity contribution in [2.24, 2.45) is 0 Å². The summed E-state index contributed by atoms with van der Waals surface area (Å²) in [4.78, 5) is 51.6. The molecular formula is C12H13N2NaO8S. The zero-order valence-electron chi connectivity index (χ0n) is 12.8. The van der Waals surface area contributed by atoms with Gasteiger partial charge in [0, 0.05) is 18.7 Å². The summed E-state index contributed by atoms with van der Waals surface area (Å²) in [5.74, 6) is -2.92. The number of hydroxylamine groups is 2. The number of carbonyl (C=O) groups is 4. The van der Waals surface area contributed by atoms with Gasteiger partial charge in [-0.1, -0.05) is 0 Å². The van der Waals surface area contributed by atoms with Crippen molar-refractivity contribution in [2.75, 3.05) is 13.2 Å². The van der Waals surface area contributed by atoms with Gasteiger partial charge in [0.05, 0.1) is 13.0 Å². The average Bonchev–Trinajstić information content (AvgIpc) is 2.92. The Kier molecular flexibility index (Phi) is 7.25. The molecule has 2 aliphatic rings. The molecule has 0 saturated carbocycles. The van der Waals surface area contributed by atoms with Crippen LogP contribution in [0.5, 0.6) is 0 Å². The molecule has 0 radical (unpaired) electrons. The van der Waals surface area contributed by atoms with Crippen LogP contribution in [0.2, 0.25) is 0 Å². The SMILES string of the molecule is O=C1C=CC(=O)N1CCCCON1C(=O)CC(S(=O)(=O)[O-])C1=O.[Na+]. The van der Waals surface area contributed by atoms with Crippen molar-refractivity contribution in [3.05, 3.63) is 12.2 Å². The number of rotatable bonds is 7. The molecule has 126 valence electrons. The van der Waals surface area contributed by atoms with Gasteiger partial charge in [0.25, 0.3) is 23.6 Å². The van der Waals surface area contributed by atoms with E-state index in [1.54, 1.807) is 0 Å². The maximum absolute atomic E-state index is 11.6. The van der Waals surface area contributed by atoms with Crippen LogP contribution >= 0.6 is 0 Å². The number of amides is 4. The molecule has 0 N–H and O–H groups in total. The van der Waals surface area contributed by atoms with Crippen molar-refractivity contribution >= 4 is 33.7 Å². The summed E-state index contributed by atoms with van der Waals surface area (Å²) in [6, 6.07) is 0. The molecule has 0 aromatic carbocycles. The topological polar surface area (TPSA) is 141 Å². The van der Waals surface area contributed by atoms with Gasteiger partial charge in [0.15, 0.2) is 0 Å². The van der Waals surface area contributed by atoms with Gasteiger partial charge in [-0.3, -0.25) is 28.9 Å². The molecule has 0 bridgehead atoms. The van der Waals surface area contributed by atoms with Gasteiger partial charge in [-0.05, 0) is 12.8 Å². The number of unbranched alkanes of at least 4 members (excludes halogenated alkanes) is 1. The van der Waals surface area contributed by atoms with E-state index < -0.39 is 45.4 Å². The van der Waals surface area contributed by atoms with E-state index in [2.05, 4.69) is 0 Å². The molecule has 0 aromatic rings. The van der Waals surface area contributed by atoms with Gasteiger partial charge >= 0.3 is 29.6 Å². The zero-order valence-corrected chi connectivity index (χ0v) is 15.7. The second-order valence-corrected chi connectivity index (χ2v) is 6.47. The van der Waals surface area contributed by atoms with Crippen molar-refractivity contribution in [1.82, 2.24) is 9.96 Å². The maximum Gasteiger partial charge on any atom is 1.00 e. The predicted molar refractivity (Wildman–Crippen MR) is 71.0 cm³/mol. The van der Waals surface area contributed by atoms with Crippen LogP contribution in [-0.2, 0) is 34.1 Å². The van der Waals surface area contributed by atoms with E-state index in [-0.39, 0.29) is 47.8 Å². The van der Waals surface area contributed by atoms with E-state index in [0.717, 1.165) is 17.1 Å². The van der Waals surface area contributed by atoms with E-state index >= 15 is 0 Å². The van der Waals surface area contributed by atoms with Gasteiger partial charge in [-0.2, -0.15) is 5.06 Å². The Morgan fingerprint density at radius 2 is 1.71 bits per heavy atom. The number of hydrogen-bond acceptors (Lipinski definition) is 8. The minimum atomic E-state index is -4.91. The molecule has 2 rings (SSSR count). The van der Waals surface area contributed by atoms with Crippen molar-refractivity contribution in [1.29, 1.82) is 0 Å². The first-order valence-corrected chi connectivity index (χ1v) is 8.17. The summed E-state index contributed by atoms with van der Waals surface area (Å²) in [5, 5.41) is -1.66. The Labute approximate surface area is 159 Å². The summed E-state index contributed by atoms with van der Waals surface area (Å²) < 4.78 is 32.5. The van der Waals surface area contributed by atoms with Crippen LogP contribution in [0.15, 0.2) is 12.2 Å². The van der Waals surface area contributed by atoms with E-state index in [0.29, 0.717) is 12.8 Å². The van der Waals surface area contributed by atoms with Gasteiger partial charge in [0.2, 0.25) is 0 Å². The molecule has 4 amide bonds. The molecule has 1 unspecified atom stereocenters. The summed E-state index contributed by atoms with van der Waals surface area (Å²) in [5.41, 5.74) is 0. The molecule has 1 atom stereocenters. The number of hydrogen-bond donors (Lipinski definition) is 0. The minimum Gasteiger partial charge on any atom is -0.747 e. The van der Waals surface area contributed by atoms with E-state index in [9.17, 15) is 32.1 Å². The fourth-order valence-electron chi connectivity index (χ4n) is 2.12. The number of imide groups is 2. The summed E-state index contributed by atoms with van der Waals surface area (Å²) in [6.45, 7) is 0.0558. The van der Waals surface area contributed by atoms with Crippen LogP contribution in [0.25, 0.3) is 0 Å². The second-order valence-electron chi connectivity index (χ2n) is 4.91. The largest absolute Gasteiger partial charge is 1.00 e. The Hall–Kier alpha value is -1.11. The molecule has 1 fully saturated rings. The van der Waals surface area contributed by atoms with E-state index in [1.807, 2.05) is 0 Å². The summed E-state index contributed by atoms with van der Waals surface area (Å²) in [7, 11) is -4.91. The third kappa shape index (κ3) is 4.71. The molecular weight excluding hydrogens is 355 g/mol. The Balaban J connectivity index is 0.00000288. The van der Waals surface area contributed by atoms with E-state index in [4.69, 9.17) is 4.84 Å². The Morgan fingerprint density at radius 3 is 2.21 bits per heavy atom. The first kappa shape index (κ1) is 20.9. The van der Waals surface area contributed by atoms with E-state index in [1.165, 1.54) is 0 Å². The average molecular weight is 368 g/mol. The molecule has 0 spiro atoms. The van der Waals surface area contributed by atoms with Gasteiger partial charge < -0.3 is 4.55 Å². The smallest absolute Gasteiger partial charge is 0.747 e. The van der Waals surface area contributed by atoms with Crippen LogP contribution < -0.4 is 29.6 Å². The van der Waals surface area contributed by atoms with Gasteiger partial charge in [-0.25, -0.2) is 8.42 Å². The van der Waals surface area contributed by atoms with Crippen molar-refractivity contribution in [2.45, 2.75) is 24.5 Å². The summed E-state index contributed by atoms with van der Waals surface area (Å²) in [6.07, 6.45) is 2.27. The number of carbonyl (C=O) groups excluding carboxylic acids is 4. The van der Waals surface area contributed by atoms with Crippen molar-refractivity contribution in [3.8, 4) is 0 Å². The van der Waals surface area contributed by atoms with Gasteiger partial charge in [0.1, 0.15) is 15.4 Å². The monoisotopic (exact) mass is 368 g/mol. The minimum absolute atomic E-state index is 0. The molecule has 0 aliphatic carbocycles.